The number of nitriles is 1. The summed E-state index contributed by atoms with van der Waals surface area (Å²) in [6.45, 7) is 3.11. The molecule has 4 nitrogen and oxygen atoms in total. The summed E-state index contributed by atoms with van der Waals surface area (Å²) < 4.78 is 5.28. The number of rotatable bonds is 4. The summed E-state index contributed by atoms with van der Waals surface area (Å²) in [5.74, 6) is -0.0927. The summed E-state index contributed by atoms with van der Waals surface area (Å²) in [4.78, 5) is 13.4. The lowest BCUT2D eigenvalue weighted by Gasteiger charge is -2.17. The van der Waals surface area contributed by atoms with Crippen molar-refractivity contribution < 1.29 is 9.53 Å². The van der Waals surface area contributed by atoms with Crippen LogP contribution in [0.4, 0.5) is 0 Å². The van der Waals surface area contributed by atoms with Crippen molar-refractivity contribution in [3.63, 3.8) is 0 Å². The molecule has 0 spiro atoms. The molecule has 2 atom stereocenters. The average Bonchev–Trinajstić information content (AvgIpc) is 2.99. The minimum atomic E-state index is -0.484. The largest absolute Gasteiger partial charge is 0.381 e. The number of benzene rings is 1. The molecule has 1 aromatic rings. The Balaban J connectivity index is 2.12. The van der Waals surface area contributed by atoms with Gasteiger partial charge in [0.2, 0.25) is 0 Å². The molecule has 0 aromatic heterocycles. The Kier molecular flexibility index (Phi) is 5.05. The molecule has 1 N–H and O–H groups in total. The van der Waals surface area contributed by atoms with Gasteiger partial charge in [-0.1, -0.05) is 6.07 Å². The fourth-order valence-corrected chi connectivity index (χ4v) is 2.70. The zero-order valence-electron chi connectivity index (χ0n) is 11.7. The van der Waals surface area contributed by atoms with Crippen LogP contribution in [0.5, 0.6) is 0 Å². The van der Waals surface area contributed by atoms with Gasteiger partial charge in [-0.3, -0.25) is 4.79 Å². The molecule has 0 bridgehead atoms. The second-order valence-corrected chi connectivity index (χ2v) is 5.76. The molecular formula is C15H18N2O2S. The summed E-state index contributed by atoms with van der Waals surface area (Å²) in [5, 5.41) is 12.1. The summed E-state index contributed by atoms with van der Waals surface area (Å²) in [7, 11) is 0. The Labute approximate surface area is 123 Å². The van der Waals surface area contributed by atoms with E-state index in [1.54, 1.807) is 11.8 Å². The van der Waals surface area contributed by atoms with E-state index in [9.17, 15) is 10.1 Å². The summed E-state index contributed by atoms with van der Waals surface area (Å²) in [6, 6.07) is 7.48. The van der Waals surface area contributed by atoms with Crippen molar-refractivity contribution in [3.8, 4) is 6.07 Å². The Morgan fingerprint density at radius 2 is 2.40 bits per heavy atom. The van der Waals surface area contributed by atoms with Crippen molar-refractivity contribution in [2.24, 2.45) is 5.92 Å². The van der Waals surface area contributed by atoms with Gasteiger partial charge in [0.1, 0.15) is 6.04 Å². The molecule has 0 saturated carbocycles. The third-order valence-electron chi connectivity index (χ3n) is 3.55. The number of aryl methyl sites for hydroxylation is 1. The number of nitrogens with zero attached hydrogens (tertiary/aromatic N) is 1. The minimum absolute atomic E-state index is 0.0907. The predicted molar refractivity (Wildman–Crippen MR) is 78.8 cm³/mol. The van der Waals surface area contributed by atoms with E-state index in [2.05, 4.69) is 11.4 Å². The first-order chi connectivity index (χ1) is 9.65. The van der Waals surface area contributed by atoms with Crippen molar-refractivity contribution in [2.45, 2.75) is 24.3 Å². The molecular weight excluding hydrogens is 272 g/mol. The average molecular weight is 290 g/mol. The number of thioether (sulfide) groups is 1. The van der Waals surface area contributed by atoms with Gasteiger partial charge in [0.15, 0.2) is 0 Å². The molecule has 1 aliphatic rings. The Hall–Kier alpha value is -1.51. The lowest BCUT2D eigenvalue weighted by molar-refractivity contribution is 0.0930. The smallest absolute Gasteiger partial charge is 0.252 e. The minimum Gasteiger partial charge on any atom is -0.381 e. The van der Waals surface area contributed by atoms with E-state index < -0.39 is 6.04 Å². The fourth-order valence-electron chi connectivity index (χ4n) is 2.26. The van der Waals surface area contributed by atoms with Gasteiger partial charge in [-0.2, -0.15) is 5.26 Å². The van der Waals surface area contributed by atoms with Crippen LogP contribution in [0.25, 0.3) is 0 Å². The number of hydrogen-bond acceptors (Lipinski definition) is 4. The highest BCUT2D eigenvalue weighted by Gasteiger charge is 2.27. The third kappa shape index (κ3) is 3.33. The standard InChI is InChI=1S/C15H18N2O2S/c1-10-3-4-12(20-2)7-13(10)15(18)17-14(8-16)11-5-6-19-9-11/h3-4,7,11,14H,5-6,9H2,1-2H3,(H,17,18)/t11-,14+/m0/s1. The first-order valence-corrected chi connectivity index (χ1v) is 7.81. The van der Waals surface area contributed by atoms with E-state index in [0.717, 1.165) is 16.9 Å². The van der Waals surface area contributed by atoms with Crippen LogP contribution in [0.15, 0.2) is 23.1 Å². The lowest BCUT2D eigenvalue weighted by Crippen LogP contribution is -2.39. The first-order valence-electron chi connectivity index (χ1n) is 6.58. The number of carbonyl (C=O) groups excluding carboxylic acids is 1. The lowest BCUT2D eigenvalue weighted by atomic mass is 9.99. The normalized spacial score (nSPS) is 19.4. The Morgan fingerprint density at radius 3 is 3.00 bits per heavy atom. The van der Waals surface area contributed by atoms with E-state index in [1.165, 1.54) is 0 Å². The number of nitrogens with one attached hydrogen (secondary N) is 1. The summed E-state index contributed by atoms with van der Waals surface area (Å²) >= 11 is 1.59. The third-order valence-corrected chi connectivity index (χ3v) is 4.28. The van der Waals surface area contributed by atoms with E-state index in [0.29, 0.717) is 18.8 Å². The zero-order valence-corrected chi connectivity index (χ0v) is 12.5. The van der Waals surface area contributed by atoms with E-state index >= 15 is 0 Å². The van der Waals surface area contributed by atoms with Gasteiger partial charge < -0.3 is 10.1 Å². The second kappa shape index (κ2) is 6.78. The maximum absolute atomic E-state index is 12.3. The van der Waals surface area contributed by atoms with Gasteiger partial charge in [0.25, 0.3) is 5.91 Å². The van der Waals surface area contributed by atoms with Crippen LogP contribution >= 0.6 is 11.8 Å². The molecule has 1 fully saturated rings. The van der Waals surface area contributed by atoms with E-state index in [4.69, 9.17) is 4.74 Å². The van der Waals surface area contributed by atoms with Crippen LogP contribution in [0, 0.1) is 24.2 Å². The van der Waals surface area contributed by atoms with Crippen molar-refractivity contribution >= 4 is 17.7 Å². The molecule has 1 heterocycles. The quantitative estimate of drug-likeness (QED) is 0.865. The SMILES string of the molecule is CSc1ccc(C)c(C(=O)N[C@H](C#N)[C@H]2CCOC2)c1. The van der Waals surface area contributed by atoms with Crippen LogP contribution < -0.4 is 5.32 Å². The topological polar surface area (TPSA) is 62.1 Å². The van der Waals surface area contributed by atoms with Crippen LogP contribution in [-0.4, -0.2) is 31.4 Å². The zero-order chi connectivity index (χ0) is 14.5. The monoisotopic (exact) mass is 290 g/mol. The van der Waals surface area contributed by atoms with Crippen LogP contribution in [0.2, 0.25) is 0 Å². The molecule has 0 radical (unpaired) electrons. The second-order valence-electron chi connectivity index (χ2n) is 4.88. The van der Waals surface area contributed by atoms with Crippen molar-refractivity contribution in [3.05, 3.63) is 29.3 Å². The number of carbonyl (C=O) groups is 1. The molecule has 0 aliphatic carbocycles. The van der Waals surface area contributed by atoms with Gasteiger partial charge in [-0.05, 0) is 37.3 Å². The van der Waals surface area contributed by atoms with E-state index in [-0.39, 0.29) is 11.8 Å². The van der Waals surface area contributed by atoms with Crippen molar-refractivity contribution in [1.29, 1.82) is 5.26 Å². The van der Waals surface area contributed by atoms with Gasteiger partial charge in [-0.25, -0.2) is 0 Å². The molecule has 1 aromatic carbocycles. The molecule has 2 rings (SSSR count). The molecule has 1 saturated heterocycles. The molecule has 5 heteroatoms. The molecule has 0 unspecified atom stereocenters. The predicted octanol–water partition coefficient (Wildman–Crippen LogP) is 2.38. The van der Waals surface area contributed by atoms with Crippen LogP contribution in [-0.2, 0) is 4.74 Å². The van der Waals surface area contributed by atoms with Gasteiger partial charge in [0.05, 0.1) is 12.7 Å². The summed E-state index contributed by atoms with van der Waals surface area (Å²) in [6.07, 6.45) is 2.79. The Morgan fingerprint density at radius 1 is 1.60 bits per heavy atom. The number of ether oxygens (including phenoxy) is 1. The first kappa shape index (κ1) is 14.9. The molecule has 1 aliphatic heterocycles. The van der Waals surface area contributed by atoms with Crippen molar-refractivity contribution in [2.75, 3.05) is 19.5 Å². The van der Waals surface area contributed by atoms with Gasteiger partial charge >= 0.3 is 0 Å². The van der Waals surface area contributed by atoms with Gasteiger partial charge in [-0.15, -0.1) is 11.8 Å². The molecule has 20 heavy (non-hydrogen) atoms. The number of amides is 1. The molecule has 106 valence electrons. The maximum atomic E-state index is 12.3. The number of hydrogen-bond donors (Lipinski definition) is 1. The summed E-state index contributed by atoms with van der Waals surface area (Å²) in [5.41, 5.74) is 1.55. The fraction of sp³-hybridized carbons (Fsp3) is 0.467. The Bertz CT molecular complexity index is 533. The highest BCUT2D eigenvalue weighted by molar-refractivity contribution is 7.98. The van der Waals surface area contributed by atoms with E-state index in [1.807, 2.05) is 31.4 Å². The molecule has 1 amide bonds. The highest BCUT2D eigenvalue weighted by atomic mass is 32.2. The van der Waals surface area contributed by atoms with Crippen LogP contribution in [0.3, 0.4) is 0 Å². The maximum Gasteiger partial charge on any atom is 0.252 e. The van der Waals surface area contributed by atoms with Crippen LogP contribution in [0.1, 0.15) is 22.3 Å². The highest BCUT2D eigenvalue weighted by Crippen LogP contribution is 2.20. The van der Waals surface area contributed by atoms with Gasteiger partial charge in [0, 0.05) is 23.0 Å². The van der Waals surface area contributed by atoms with Crippen molar-refractivity contribution in [1.82, 2.24) is 5.32 Å².